The lowest BCUT2D eigenvalue weighted by Crippen LogP contribution is -2.53. The third kappa shape index (κ3) is 8.67. The number of amides is 2. The lowest BCUT2D eigenvalue weighted by molar-refractivity contribution is -0.139. The second-order valence-electron chi connectivity index (χ2n) is 11.3. The number of carbonyl (C=O) groups is 2. The lowest BCUT2D eigenvalue weighted by atomic mass is 9.95. The molecule has 14 heteroatoms. The van der Waals surface area contributed by atoms with E-state index in [2.05, 4.69) is 5.32 Å². The van der Waals surface area contributed by atoms with Crippen LogP contribution < -0.4 is 9.62 Å². The van der Waals surface area contributed by atoms with Crippen molar-refractivity contribution < 1.29 is 31.2 Å². The summed E-state index contributed by atoms with van der Waals surface area (Å²) in [6.45, 7) is 2.11. The molecule has 1 aliphatic rings. The van der Waals surface area contributed by atoms with Gasteiger partial charge in [0.25, 0.3) is 10.0 Å². The largest absolute Gasteiger partial charge is 0.417 e. The molecule has 0 aliphatic heterocycles. The molecular formula is C32H33Cl3F3N3O4S. The van der Waals surface area contributed by atoms with Crippen molar-refractivity contribution in [2.45, 2.75) is 75.7 Å². The molecule has 248 valence electrons. The van der Waals surface area contributed by atoms with Gasteiger partial charge in [0.15, 0.2) is 0 Å². The quantitative estimate of drug-likeness (QED) is 0.230. The van der Waals surface area contributed by atoms with Crippen molar-refractivity contribution in [1.29, 1.82) is 0 Å². The fourth-order valence-electron chi connectivity index (χ4n) is 5.24. The average Bonchev–Trinajstić information content (AvgIpc) is 2.99. The first-order valence-electron chi connectivity index (χ1n) is 14.6. The Labute approximate surface area is 281 Å². The van der Waals surface area contributed by atoms with Crippen LogP contribution in [0.25, 0.3) is 0 Å². The van der Waals surface area contributed by atoms with Crippen molar-refractivity contribution in [3.8, 4) is 0 Å². The number of nitrogens with one attached hydrogen (secondary N) is 1. The fraction of sp³-hybridized carbons (Fsp3) is 0.375. The Hall–Kier alpha value is -2.99. The Bertz CT molecular complexity index is 1680. The fourth-order valence-corrected chi connectivity index (χ4v) is 7.34. The molecule has 0 spiro atoms. The van der Waals surface area contributed by atoms with E-state index in [0.29, 0.717) is 21.0 Å². The first-order valence-corrected chi connectivity index (χ1v) is 17.1. The number of rotatable bonds is 10. The minimum Gasteiger partial charge on any atom is -0.352 e. The van der Waals surface area contributed by atoms with E-state index >= 15 is 0 Å². The van der Waals surface area contributed by atoms with E-state index in [9.17, 15) is 31.2 Å². The van der Waals surface area contributed by atoms with Gasteiger partial charge in [-0.15, -0.1) is 0 Å². The molecule has 1 N–H and O–H groups in total. The molecular weight excluding hydrogens is 686 g/mol. The van der Waals surface area contributed by atoms with Gasteiger partial charge in [0.2, 0.25) is 11.8 Å². The molecule has 46 heavy (non-hydrogen) atoms. The zero-order chi connectivity index (χ0) is 33.8. The summed E-state index contributed by atoms with van der Waals surface area (Å²) in [5, 5.41) is 2.90. The molecule has 1 saturated carbocycles. The molecule has 4 rings (SSSR count). The van der Waals surface area contributed by atoms with Crippen molar-refractivity contribution in [2.24, 2.45) is 0 Å². The highest BCUT2D eigenvalue weighted by Crippen LogP contribution is 2.38. The Morgan fingerprint density at radius 3 is 2.20 bits per heavy atom. The molecule has 1 atom stereocenters. The van der Waals surface area contributed by atoms with Crippen LogP contribution in [-0.2, 0) is 32.3 Å². The number of nitrogens with zero attached hydrogens (tertiary/aromatic N) is 2. The second-order valence-corrected chi connectivity index (χ2v) is 14.4. The summed E-state index contributed by atoms with van der Waals surface area (Å²) in [5.41, 5.74) is -0.533. The van der Waals surface area contributed by atoms with E-state index in [1.165, 1.54) is 37.3 Å². The van der Waals surface area contributed by atoms with Crippen molar-refractivity contribution >= 4 is 62.3 Å². The molecule has 3 aromatic rings. The zero-order valence-corrected chi connectivity index (χ0v) is 28.2. The summed E-state index contributed by atoms with van der Waals surface area (Å²) in [6.07, 6.45) is -0.357. The van der Waals surface area contributed by atoms with E-state index < -0.39 is 56.9 Å². The third-order valence-corrected chi connectivity index (χ3v) is 10.6. The number of anilines is 1. The topological polar surface area (TPSA) is 86.8 Å². The van der Waals surface area contributed by atoms with Crippen LogP contribution in [0, 0.1) is 6.92 Å². The van der Waals surface area contributed by atoms with Crippen LogP contribution in [0.2, 0.25) is 15.1 Å². The standard InChI is InChI=1S/C32H33Cl3F3N3O4S/c1-20-8-13-26(14-9-20)46(44,45)41(25-12-15-28(34)27(17-25)32(36,37)38)19-30(42)40(18-22-10-11-23(33)16-29(22)35)21(2)31(43)39-24-6-4-3-5-7-24/h8-17,21,24H,3-7,18-19H2,1-2H3,(H,39,43)/t21-/m1/s1. The van der Waals surface area contributed by atoms with E-state index in [-0.39, 0.29) is 22.5 Å². The number of carbonyl (C=O) groups excluding carboxylic acids is 2. The van der Waals surface area contributed by atoms with Gasteiger partial charge in [-0.25, -0.2) is 8.42 Å². The minimum absolute atomic E-state index is 0.0759. The second kappa shape index (κ2) is 14.8. The van der Waals surface area contributed by atoms with E-state index in [4.69, 9.17) is 34.8 Å². The highest BCUT2D eigenvalue weighted by atomic mass is 35.5. The van der Waals surface area contributed by atoms with Crippen molar-refractivity contribution in [3.63, 3.8) is 0 Å². The van der Waals surface area contributed by atoms with Gasteiger partial charge >= 0.3 is 6.18 Å². The molecule has 0 saturated heterocycles. The Kier molecular flexibility index (Phi) is 11.6. The SMILES string of the molecule is Cc1ccc(S(=O)(=O)N(CC(=O)N(Cc2ccc(Cl)cc2Cl)[C@H](C)C(=O)NC2CCCCC2)c2ccc(Cl)c(C(F)(F)F)c2)cc1. The highest BCUT2D eigenvalue weighted by Gasteiger charge is 2.37. The van der Waals surface area contributed by atoms with Gasteiger partial charge in [0.1, 0.15) is 12.6 Å². The summed E-state index contributed by atoms with van der Waals surface area (Å²) in [4.78, 5) is 28.5. The van der Waals surface area contributed by atoms with Crippen molar-refractivity contribution in [3.05, 3.63) is 92.4 Å². The number of sulfonamides is 1. The predicted octanol–water partition coefficient (Wildman–Crippen LogP) is 8.04. The summed E-state index contributed by atoms with van der Waals surface area (Å²) in [6, 6.07) is 11.7. The molecule has 7 nitrogen and oxygen atoms in total. The maximum absolute atomic E-state index is 14.2. The van der Waals surface area contributed by atoms with Crippen LogP contribution >= 0.6 is 34.8 Å². The smallest absolute Gasteiger partial charge is 0.352 e. The molecule has 0 radical (unpaired) electrons. The van der Waals surface area contributed by atoms with Crippen LogP contribution in [-0.4, -0.2) is 43.8 Å². The van der Waals surface area contributed by atoms with Crippen LogP contribution in [0.3, 0.4) is 0 Å². The van der Waals surface area contributed by atoms with Gasteiger partial charge < -0.3 is 10.2 Å². The number of benzene rings is 3. The van der Waals surface area contributed by atoms with Crippen molar-refractivity contribution in [1.82, 2.24) is 10.2 Å². The number of aryl methyl sites for hydroxylation is 1. The summed E-state index contributed by atoms with van der Waals surface area (Å²) < 4.78 is 70.1. The number of alkyl halides is 3. The number of hydrogen-bond donors (Lipinski definition) is 1. The molecule has 0 aromatic heterocycles. The van der Waals surface area contributed by atoms with Gasteiger partial charge in [-0.05, 0) is 74.7 Å². The Balaban J connectivity index is 1.76. The predicted molar refractivity (Wildman–Crippen MR) is 174 cm³/mol. The molecule has 1 aliphatic carbocycles. The molecule has 0 heterocycles. The maximum atomic E-state index is 14.2. The first kappa shape index (κ1) is 35.9. The monoisotopic (exact) mass is 717 g/mol. The summed E-state index contributed by atoms with van der Waals surface area (Å²) >= 11 is 18.3. The van der Waals surface area contributed by atoms with Crippen LogP contribution in [0.1, 0.15) is 55.7 Å². The van der Waals surface area contributed by atoms with Gasteiger partial charge in [0.05, 0.1) is 21.2 Å². The molecule has 3 aromatic carbocycles. The van der Waals surface area contributed by atoms with Gasteiger partial charge in [-0.2, -0.15) is 13.2 Å². The molecule has 2 amide bonds. The van der Waals surface area contributed by atoms with E-state index in [1.54, 1.807) is 19.1 Å². The van der Waals surface area contributed by atoms with Crippen LogP contribution in [0.4, 0.5) is 18.9 Å². The molecule has 1 fully saturated rings. The average molecular weight is 719 g/mol. The minimum atomic E-state index is -4.90. The third-order valence-electron chi connectivity index (χ3n) is 7.91. The van der Waals surface area contributed by atoms with Crippen LogP contribution in [0.15, 0.2) is 65.6 Å². The van der Waals surface area contributed by atoms with E-state index in [1.807, 2.05) is 0 Å². The lowest BCUT2D eigenvalue weighted by Gasteiger charge is -2.33. The first-order chi connectivity index (χ1) is 21.6. The maximum Gasteiger partial charge on any atom is 0.417 e. The van der Waals surface area contributed by atoms with Gasteiger partial charge in [0, 0.05) is 22.6 Å². The van der Waals surface area contributed by atoms with Crippen LogP contribution in [0.5, 0.6) is 0 Å². The van der Waals surface area contributed by atoms with Gasteiger partial charge in [-0.1, -0.05) is 77.8 Å². The van der Waals surface area contributed by atoms with E-state index in [0.717, 1.165) is 54.7 Å². The molecule has 0 unspecified atom stereocenters. The number of halogens is 6. The van der Waals surface area contributed by atoms with Gasteiger partial charge in [-0.3, -0.25) is 13.9 Å². The molecule has 0 bridgehead atoms. The Morgan fingerprint density at radius 2 is 1.59 bits per heavy atom. The Morgan fingerprint density at radius 1 is 0.935 bits per heavy atom. The normalized spacial score (nSPS) is 14.9. The number of hydrogen-bond acceptors (Lipinski definition) is 4. The highest BCUT2D eigenvalue weighted by molar-refractivity contribution is 7.92. The van der Waals surface area contributed by atoms with Crippen molar-refractivity contribution in [2.75, 3.05) is 10.8 Å². The summed E-state index contributed by atoms with van der Waals surface area (Å²) in [7, 11) is -4.60. The zero-order valence-electron chi connectivity index (χ0n) is 25.1. The summed E-state index contributed by atoms with van der Waals surface area (Å²) in [5.74, 6) is -1.30.